The standard InChI is InChI=1S/C12H19N3O7/c1-3-21-12(20)8-7(22-8)10(17)14-4-6(13)9(16)15-5(2)11(18)19/h5-8H,3-4,13H2,1-2H3,(H,14,17)(H,15,16)(H,18,19)/t5-,6-,7+,8+/m0/s1. The van der Waals surface area contributed by atoms with Gasteiger partial charge in [-0.1, -0.05) is 0 Å². The molecule has 0 spiro atoms. The number of hydrogen-bond donors (Lipinski definition) is 4. The van der Waals surface area contributed by atoms with Crippen LogP contribution in [0.3, 0.4) is 0 Å². The van der Waals surface area contributed by atoms with Gasteiger partial charge in [0, 0.05) is 6.54 Å². The predicted octanol–water partition coefficient (Wildman–Crippen LogP) is -2.65. The lowest BCUT2D eigenvalue weighted by molar-refractivity contribution is -0.144. The van der Waals surface area contributed by atoms with Crippen LogP contribution in [-0.2, 0) is 28.7 Å². The van der Waals surface area contributed by atoms with Crippen molar-refractivity contribution in [1.82, 2.24) is 10.6 Å². The van der Waals surface area contributed by atoms with E-state index in [4.69, 9.17) is 15.6 Å². The smallest absolute Gasteiger partial charge is 0.338 e. The molecule has 1 rings (SSSR count). The molecule has 0 aliphatic carbocycles. The summed E-state index contributed by atoms with van der Waals surface area (Å²) in [5.41, 5.74) is 5.52. The van der Waals surface area contributed by atoms with Crippen molar-refractivity contribution < 1.29 is 33.8 Å². The van der Waals surface area contributed by atoms with Crippen LogP contribution in [-0.4, -0.2) is 66.3 Å². The summed E-state index contributed by atoms with van der Waals surface area (Å²) in [4.78, 5) is 45.1. The summed E-state index contributed by atoms with van der Waals surface area (Å²) in [6.07, 6.45) is -1.88. The topological polar surface area (TPSA) is 160 Å². The first-order chi connectivity index (χ1) is 10.3. The average Bonchev–Trinajstić information content (AvgIpc) is 3.24. The third-order valence-corrected chi connectivity index (χ3v) is 2.83. The summed E-state index contributed by atoms with van der Waals surface area (Å²) in [6.45, 7) is 2.88. The van der Waals surface area contributed by atoms with Crippen LogP contribution >= 0.6 is 0 Å². The van der Waals surface area contributed by atoms with Crippen LogP contribution < -0.4 is 16.4 Å². The Bertz CT molecular complexity index is 468. The zero-order chi connectivity index (χ0) is 16.9. The zero-order valence-electron chi connectivity index (χ0n) is 12.2. The molecule has 0 saturated carbocycles. The van der Waals surface area contributed by atoms with Crippen LogP contribution in [0, 0.1) is 0 Å². The molecule has 0 unspecified atom stereocenters. The van der Waals surface area contributed by atoms with Gasteiger partial charge in [0.2, 0.25) is 5.91 Å². The molecule has 124 valence electrons. The quantitative estimate of drug-likeness (QED) is 0.279. The molecule has 1 saturated heterocycles. The Balaban J connectivity index is 2.31. The normalized spacial score (nSPS) is 22.1. The van der Waals surface area contributed by atoms with E-state index in [9.17, 15) is 19.2 Å². The molecule has 1 heterocycles. The number of carbonyl (C=O) groups is 4. The molecule has 22 heavy (non-hydrogen) atoms. The number of carboxylic acid groups (broad SMARTS) is 1. The van der Waals surface area contributed by atoms with Crippen LogP contribution in [0.4, 0.5) is 0 Å². The Hall–Kier alpha value is -2.20. The van der Waals surface area contributed by atoms with Gasteiger partial charge in [-0.15, -0.1) is 0 Å². The summed E-state index contributed by atoms with van der Waals surface area (Å²) in [5, 5.41) is 13.2. The second kappa shape index (κ2) is 7.71. The van der Waals surface area contributed by atoms with Gasteiger partial charge < -0.3 is 30.9 Å². The van der Waals surface area contributed by atoms with Gasteiger partial charge in [0.05, 0.1) is 6.61 Å². The van der Waals surface area contributed by atoms with Gasteiger partial charge >= 0.3 is 11.9 Å². The molecule has 0 radical (unpaired) electrons. The maximum atomic E-state index is 11.7. The minimum atomic E-state index is -1.20. The van der Waals surface area contributed by atoms with E-state index < -0.39 is 48.0 Å². The Morgan fingerprint density at radius 1 is 1.32 bits per heavy atom. The summed E-state index contributed by atoms with van der Waals surface area (Å²) in [5.74, 6) is -3.13. The summed E-state index contributed by atoms with van der Waals surface area (Å²) >= 11 is 0. The Morgan fingerprint density at radius 3 is 2.50 bits per heavy atom. The van der Waals surface area contributed by atoms with E-state index in [1.807, 2.05) is 0 Å². The Labute approximate surface area is 126 Å². The molecule has 0 aromatic heterocycles. The van der Waals surface area contributed by atoms with Crippen molar-refractivity contribution in [3.05, 3.63) is 0 Å². The first-order valence-electron chi connectivity index (χ1n) is 6.66. The van der Waals surface area contributed by atoms with E-state index in [1.165, 1.54) is 6.92 Å². The SMILES string of the molecule is CCOC(=O)[C@@H]1O[C@H]1C(=O)NC[C@H](N)C(=O)N[C@@H](C)C(=O)O. The van der Waals surface area contributed by atoms with Crippen molar-refractivity contribution in [2.45, 2.75) is 38.1 Å². The Morgan fingerprint density at radius 2 is 1.95 bits per heavy atom. The lowest BCUT2D eigenvalue weighted by Gasteiger charge is -2.15. The van der Waals surface area contributed by atoms with Crippen molar-refractivity contribution in [2.24, 2.45) is 5.73 Å². The molecule has 1 aliphatic rings. The minimum Gasteiger partial charge on any atom is -0.480 e. The van der Waals surface area contributed by atoms with E-state index in [-0.39, 0.29) is 13.2 Å². The lowest BCUT2D eigenvalue weighted by atomic mass is 10.2. The van der Waals surface area contributed by atoms with Crippen LogP contribution in [0.1, 0.15) is 13.8 Å². The Kier molecular flexibility index (Phi) is 6.25. The van der Waals surface area contributed by atoms with Crippen molar-refractivity contribution in [3.8, 4) is 0 Å². The highest BCUT2D eigenvalue weighted by Crippen LogP contribution is 2.23. The van der Waals surface area contributed by atoms with Crippen molar-refractivity contribution in [1.29, 1.82) is 0 Å². The number of hydrogen-bond acceptors (Lipinski definition) is 7. The fourth-order valence-corrected chi connectivity index (χ4v) is 1.50. The first kappa shape index (κ1) is 17.9. The van der Waals surface area contributed by atoms with Gasteiger partial charge in [-0.05, 0) is 13.8 Å². The fraction of sp³-hybridized carbons (Fsp3) is 0.667. The van der Waals surface area contributed by atoms with Crippen molar-refractivity contribution >= 4 is 23.8 Å². The van der Waals surface area contributed by atoms with E-state index >= 15 is 0 Å². The maximum Gasteiger partial charge on any atom is 0.338 e. The molecule has 1 aliphatic heterocycles. The molecular weight excluding hydrogens is 298 g/mol. The number of aliphatic carboxylic acids is 1. The highest BCUT2D eigenvalue weighted by molar-refractivity contribution is 5.93. The van der Waals surface area contributed by atoms with Gasteiger partial charge in [0.1, 0.15) is 12.1 Å². The van der Waals surface area contributed by atoms with Gasteiger partial charge in [0.25, 0.3) is 5.91 Å². The molecule has 1 fully saturated rings. The van der Waals surface area contributed by atoms with Crippen LogP contribution in [0.25, 0.3) is 0 Å². The van der Waals surface area contributed by atoms with E-state index in [1.54, 1.807) is 6.92 Å². The van der Waals surface area contributed by atoms with Crippen LogP contribution in [0.5, 0.6) is 0 Å². The third-order valence-electron chi connectivity index (χ3n) is 2.83. The minimum absolute atomic E-state index is 0.180. The molecule has 2 amide bonds. The van der Waals surface area contributed by atoms with Gasteiger partial charge in [-0.3, -0.25) is 14.4 Å². The fourth-order valence-electron chi connectivity index (χ4n) is 1.50. The van der Waals surface area contributed by atoms with Crippen LogP contribution in [0.2, 0.25) is 0 Å². The summed E-state index contributed by atoms with van der Waals surface area (Å²) in [6, 6.07) is -2.21. The molecule has 10 nitrogen and oxygen atoms in total. The number of nitrogens with two attached hydrogens (primary N) is 1. The zero-order valence-corrected chi connectivity index (χ0v) is 12.2. The molecule has 5 N–H and O–H groups in total. The number of esters is 1. The average molecular weight is 317 g/mol. The molecular formula is C12H19N3O7. The number of epoxide rings is 1. The van der Waals surface area contributed by atoms with Gasteiger partial charge in [-0.25, -0.2) is 4.79 Å². The molecule has 0 aromatic rings. The van der Waals surface area contributed by atoms with Crippen LogP contribution in [0.15, 0.2) is 0 Å². The van der Waals surface area contributed by atoms with Gasteiger partial charge in [0.15, 0.2) is 12.2 Å². The van der Waals surface area contributed by atoms with E-state index in [0.29, 0.717) is 0 Å². The lowest BCUT2D eigenvalue weighted by Crippen LogP contribution is -2.52. The number of rotatable bonds is 8. The van der Waals surface area contributed by atoms with E-state index in [0.717, 1.165) is 0 Å². The largest absolute Gasteiger partial charge is 0.480 e. The molecule has 10 heteroatoms. The number of ether oxygens (including phenoxy) is 2. The highest BCUT2D eigenvalue weighted by atomic mass is 16.6. The number of amides is 2. The van der Waals surface area contributed by atoms with Crippen molar-refractivity contribution in [3.63, 3.8) is 0 Å². The number of carbonyl (C=O) groups excluding carboxylic acids is 3. The van der Waals surface area contributed by atoms with Gasteiger partial charge in [-0.2, -0.15) is 0 Å². The first-order valence-corrected chi connectivity index (χ1v) is 6.66. The van der Waals surface area contributed by atoms with Crippen molar-refractivity contribution in [2.75, 3.05) is 13.2 Å². The predicted molar refractivity (Wildman–Crippen MR) is 71.5 cm³/mol. The molecule has 0 aromatic carbocycles. The second-order valence-corrected chi connectivity index (χ2v) is 4.65. The summed E-state index contributed by atoms with van der Waals surface area (Å²) < 4.78 is 9.56. The number of nitrogens with one attached hydrogen (secondary N) is 2. The second-order valence-electron chi connectivity index (χ2n) is 4.65. The highest BCUT2D eigenvalue weighted by Gasteiger charge is 2.51. The monoisotopic (exact) mass is 317 g/mol. The molecule has 4 atom stereocenters. The third kappa shape index (κ3) is 4.97. The maximum absolute atomic E-state index is 11.7. The van der Waals surface area contributed by atoms with E-state index in [2.05, 4.69) is 15.4 Å². The molecule has 0 bridgehead atoms. The number of carboxylic acids is 1. The summed E-state index contributed by atoms with van der Waals surface area (Å²) in [7, 11) is 0.